The van der Waals surface area contributed by atoms with E-state index in [0.29, 0.717) is 11.6 Å². The molecule has 5 nitrogen and oxygen atoms in total. The van der Waals surface area contributed by atoms with Crippen molar-refractivity contribution in [3.8, 4) is 0 Å². The van der Waals surface area contributed by atoms with Gasteiger partial charge in [0.1, 0.15) is 0 Å². The van der Waals surface area contributed by atoms with Crippen molar-refractivity contribution in [1.82, 2.24) is 5.32 Å². The summed E-state index contributed by atoms with van der Waals surface area (Å²) in [5, 5.41) is 11.1. The van der Waals surface area contributed by atoms with Crippen LogP contribution in [0.4, 0.5) is 5.69 Å². The third-order valence-corrected chi connectivity index (χ3v) is 4.02. The average Bonchev–Trinajstić information content (AvgIpc) is 2.80. The number of nitrogens with one attached hydrogen (secondary N) is 1. The summed E-state index contributed by atoms with van der Waals surface area (Å²) in [5.41, 5.74) is 2.09. The molecule has 6 heteroatoms. The van der Waals surface area contributed by atoms with Crippen molar-refractivity contribution in [2.24, 2.45) is 10.2 Å². The molecule has 1 atom stereocenters. The standard InChI is InChI=1S/C15H18N4OS/c1-4-5-13-14(20)17-15(21-13)18-16-10-11-6-8-12(9-7-11)19(2)3/h4,6-10,13H,1,5H2,2-3H3,(H,17,18,20)/t13-/m0/s1. The highest BCUT2D eigenvalue weighted by atomic mass is 32.2. The van der Waals surface area contributed by atoms with E-state index in [1.54, 1.807) is 12.3 Å². The quantitative estimate of drug-likeness (QED) is 0.515. The Morgan fingerprint density at radius 1 is 1.38 bits per heavy atom. The summed E-state index contributed by atoms with van der Waals surface area (Å²) >= 11 is 1.38. The first-order chi connectivity index (χ1) is 10.1. The molecule has 0 bridgehead atoms. The monoisotopic (exact) mass is 302 g/mol. The number of rotatable bonds is 5. The fourth-order valence-electron chi connectivity index (χ4n) is 1.77. The van der Waals surface area contributed by atoms with Gasteiger partial charge in [-0.3, -0.25) is 4.79 Å². The summed E-state index contributed by atoms with van der Waals surface area (Å²) in [7, 11) is 3.99. The number of carbonyl (C=O) groups is 1. The van der Waals surface area contributed by atoms with Crippen LogP contribution in [0, 0.1) is 0 Å². The predicted octanol–water partition coefficient (Wildman–Crippen LogP) is 2.25. The van der Waals surface area contributed by atoms with Crippen LogP contribution in [0.15, 0.2) is 47.1 Å². The molecule has 0 unspecified atom stereocenters. The van der Waals surface area contributed by atoms with Crippen LogP contribution in [0.25, 0.3) is 0 Å². The Balaban J connectivity index is 1.97. The van der Waals surface area contributed by atoms with Crippen molar-refractivity contribution in [2.75, 3.05) is 19.0 Å². The summed E-state index contributed by atoms with van der Waals surface area (Å²) in [6, 6.07) is 7.97. The zero-order chi connectivity index (χ0) is 15.2. The summed E-state index contributed by atoms with van der Waals surface area (Å²) in [4.78, 5) is 13.6. The Hall–Kier alpha value is -2.08. The first-order valence-electron chi connectivity index (χ1n) is 6.57. The maximum Gasteiger partial charge on any atom is 0.239 e. The largest absolute Gasteiger partial charge is 0.378 e. The lowest BCUT2D eigenvalue weighted by molar-refractivity contribution is -0.118. The van der Waals surface area contributed by atoms with Crippen LogP contribution in [0.2, 0.25) is 0 Å². The molecule has 0 spiro atoms. The summed E-state index contributed by atoms with van der Waals surface area (Å²) < 4.78 is 0. The third kappa shape index (κ3) is 4.19. The lowest BCUT2D eigenvalue weighted by Gasteiger charge is -2.11. The molecule has 1 N–H and O–H groups in total. The Kier molecular flexibility index (Phi) is 5.16. The number of anilines is 1. The van der Waals surface area contributed by atoms with E-state index in [-0.39, 0.29) is 11.2 Å². The van der Waals surface area contributed by atoms with Gasteiger partial charge in [-0.05, 0) is 24.1 Å². The molecular weight excluding hydrogens is 284 g/mol. The predicted molar refractivity (Wildman–Crippen MR) is 90.1 cm³/mol. The minimum absolute atomic E-state index is 0.0378. The molecule has 1 aromatic rings. The molecule has 0 saturated carbocycles. The summed E-state index contributed by atoms with van der Waals surface area (Å²) in [6.45, 7) is 3.64. The van der Waals surface area contributed by atoms with Crippen LogP contribution in [-0.4, -0.2) is 36.6 Å². The molecule has 0 radical (unpaired) electrons. The van der Waals surface area contributed by atoms with Crippen molar-refractivity contribution in [1.29, 1.82) is 0 Å². The summed E-state index contributed by atoms with van der Waals surface area (Å²) in [6.07, 6.45) is 4.03. The van der Waals surface area contributed by atoms with Gasteiger partial charge in [0.25, 0.3) is 0 Å². The maximum absolute atomic E-state index is 11.6. The molecule has 1 amide bonds. The molecule has 1 aliphatic heterocycles. The number of nitrogens with zero attached hydrogens (tertiary/aromatic N) is 3. The highest BCUT2D eigenvalue weighted by Crippen LogP contribution is 2.22. The molecule has 21 heavy (non-hydrogen) atoms. The number of amidine groups is 1. The van der Waals surface area contributed by atoms with Gasteiger partial charge in [0.05, 0.1) is 11.5 Å². The number of amides is 1. The molecule has 1 fully saturated rings. The van der Waals surface area contributed by atoms with Gasteiger partial charge in [-0.25, -0.2) is 0 Å². The van der Waals surface area contributed by atoms with Crippen LogP contribution >= 0.6 is 11.8 Å². The molecule has 1 aromatic carbocycles. The van der Waals surface area contributed by atoms with E-state index in [9.17, 15) is 4.79 Å². The van der Waals surface area contributed by atoms with Gasteiger partial charge < -0.3 is 10.2 Å². The van der Waals surface area contributed by atoms with Crippen LogP contribution < -0.4 is 10.2 Å². The lowest BCUT2D eigenvalue weighted by Crippen LogP contribution is -2.24. The van der Waals surface area contributed by atoms with Crippen LogP contribution in [0.5, 0.6) is 0 Å². The number of hydrogen-bond acceptors (Lipinski definition) is 5. The Bertz CT molecular complexity index is 578. The van der Waals surface area contributed by atoms with Gasteiger partial charge in [0, 0.05) is 19.8 Å². The number of carbonyl (C=O) groups excluding carboxylic acids is 1. The fourth-order valence-corrected chi connectivity index (χ4v) is 2.69. The minimum Gasteiger partial charge on any atom is -0.378 e. The van der Waals surface area contributed by atoms with Gasteiger partial charge in [-0.1, -0.05) is 30.0 Å². The van der Waals surface area contributed by atoms with Gasteiger partial charge in [0.15, 0.2) is 5.17 Å². The molecule has 1 saturated heterocycles. The van der Waals surface area contributed by atoms with E-state index in [2.05, 4.69) is 22.1 Å². The van der Waals surface area contributed by atoms with E-state index < -0.39 is 0 Å². The molecule has 2 rings (SSSR count). The Labute approximate surface area is 128 Å². The molecule has 1 aliphatic rings. The molecule has 0 aliphatic carbocycles. The van der Waals surface area contributed by atoms with Gasteiger partial charge in [0.2, 0.25) is 5.91 Å². The van der Waals surface area contributed by atoms with Crippen molar-refractivity contribution in [3.05, 3.63) is 42.5 Å². The summed E-state index contributed by atoms with van der Waals surface area (Å²) in [5.74, 6) is -0.0378. The SMILES string of the molecule is C=CC[C@@H]1SC(=NN=Cc2ccc(N(C)C)cc2)NC1=O. The zero-order valence-electron chi connectivity index (χ0n) is 12.1. The highest BCUT2D eigenvalue weighted by Gasteiger charge is 2.28. The maximum atomic E-state index is 11.6. The van der Waals surface area contributed by atoms with E-state index in [1.807, 2.05) is 43.3 Å². The average molecular weight is 302 g/mol. The first-order valence-corrected chi connectivity index (χ1v) is 7.45. The van der Waals surface area contributed by atoms with Crippen molar-refractivity contribution in [3.63, 3.8) is 0 Å². The first kappa shape index (κ1) is 15.3. The van der Waals surface area contributed by atoms with Crippen molar-refractivity contribution >= 4 is 34.7 Å². The van der Waals surface area contributed by atoms with Crippen molar-refractivity contribution in [2.45, 2.75) is 11.7 Å². The fraction of sp³-hybridized carbons (Fsp3) is 0.267. The van der Waals surface area contributed by atoms with Crippen molar-refractivity contribution < 1.29 is 4.79 Å². The number of hydrogen-bond donors (Lipinski definition) is 1. The highest BCUT2D eigenvalue weighted by molar-refractivity contribution is 8.15. The smallest absolute Gasteiger partial charge is 0.239 e. The molecule has 1 heterocycles. The topological polar surface area (TPSA) is 57.1 Å². The molecular formula is C15H18N4OS. The zero-order valence-corrected chi connectivity index (χ0v) is 12.9. The number of allylic oxidation sites excluding steroid dienone is 1. The Morgan fingerprint density at radius 2 is 2.10 bits per heavy atom. The third-order valence-electron chi connectivity index (χ3n) is 2.92. The van der Waals surface area contributed by atoms with Crippen LogP contribution in [-0.2, 0) is 4.79 Å². The molecule has 0 aromatic heterocycles. The number of benzene rings is 1. The molecule has 110 valence electrons. The Morgan fingerprint density at radius 3 is 2.71 bits per heavy atom. The second kappa shape index (κ2) is 7.08. The minimum atomic E-state index is -0.143. The van der Waals surface area contributed by atoms with E-state index in [1.165, 1.54) is 11.8 Å². The van der Waals surface area contributed by atoms with Gasteiger partial charge in [-0.2, -0.15) is 5.10 Å². The van der Waals surface area contributed by atoms with E-state index in [0.717, 1.165) is 11.3 Å². The van der Waals surface area contributed by atoms with E-state index >= 15 is 0 Å². The number of thioether (sulfide) groups is 1. The van der Waals surface area contributed by atoms with E-state index in [4.69, 9.17) is 0 Å². The van der Waals surface area contributed by atoms with Crippen LogP contribution in [0.1, 0.15) is 12.0 Å². The second-order valence-corrected chi connectivity index (χ2v) is 5.95. The second-order valence-electron chi connectivity index (χ2n) is 4.76. The van der Waals surface area contributed by atoms with Gasteiger partial charge in [-0.15, -0.1) is 11.7 Å². The van der Waals surface area contributed by atoms with Crippen LogP contribution in [0.3, 0.4) is 0 Å². The lowest BCUT2D eigenvalue weighted by atomic mass is 10.2. The van der Waals surface area contributed by atoms with Gasteiger partial charge >= 0.3 is 0 Å². The normalized spacial score (nSPS) is 20.0.